The molecule has 0 saturated heterocycles. The van der Waals surface area contributed by atoms with E-state index < -0.39 is 5.41 Å². The fourth-order valence-corrected chi connectivity index (χ4v) is 4.01. The van der Waals surface area contributed by atoms with Gasteiger partial charge in [-0.3, -0.25) is 4.79 Å². The van der Waals surface area contributed by atoms with Crippen molar-refractivity contribution < 1.29 is 18.4 Å². The quantitative estimate of drug-likeness (QED) is 0.551. The number of halogens is 1. The maximum absolute atomic E-state index is 13.0. The van der Waals surface area contributed by atoms with E-state index in [4.69, 9.17) is 25.2 Å². The number of ether oxygens (including phenoxy) is 1. The topological polar surface area (TPSA) is 78.4 Å². The van der Waals surface area contributed by atoms with Crippen LogP contribution < -0.4 is 0 Å². The largest absolute Gasteiger partial charge is 0.466 e. The average molecular weight is 401 g/mol. The molecule has 1 aliphatic carbocycles. The number of hydrogen-bond acceptors (Lipinski definition) is 6. The molecule has 0 spiro atoms. The molecule has 4 rings (SSSR count). The molecule has 1 fully saturated rings. The van der Waals surface area contributed by atoms with Crippen molar-refractivity contribution in [3.8, 4) is 11.5 Å². The van der Waals surface area contributed by atoms with Gasteiger partial charge in [0.2, 0.25) is 0 Å². The second-order valence-electron chi connectivity index (χ2n) is 7.20. The number of benzene rings is 1. The molecule has 1 aliphatic rings. The first-order chi connectivity index (χ1) is 13.5. The van der Waals surface area contributed by atoms with Gasteiger partial charge in [-0.05, 0) is 50.5 Å². The number of nitrogens with zero attached hydrogens (tertiary/aromatic N) is 2. The standard InChI is InChI=1S/C21H21ClN2O4/c1-13-11-17(14(2)27-13)19-24-23-18(28-19)12-26-20(25)21(9-3-4-10-21)15-5-7-16(22)8-6-15/h5-8,11H,3-4,9-10,12H2,1-2H3. The van der Waals surface area contributed by atoms with Crippen LogP contribution in [0.5, 0.6) is 0 Å². The molecular formula is C21H21ClN2O4. The SMILES string of the molecule is Cc1cc(-c2nnc(COC(=O)C3(c4ccc(Cl)cc4)CCCC3)o2)c(C)o1. The number of rotatable bonds is 5. The lowest BCUT2D eigenvalue weighted by Crippen LogP contribution is -2.34. The minimum atomic E-state index is -0.633. The van der Waals surface area contributed by atoms with Gasteiger partial charge in [0.05, 0.1) is 11.0 Å². The molecule has 0 unspecified atom stereocenters. The highest BCUT2D eigenvalue weighted by Crippen LogP contribution is 2.42. The fourth-order valence-electron chi connectivity index (χ4n) is 3.89. The Morgan fingerprint density at radius 3 is 2.50 bits per heavy atom. The third kappa shape index (κ3) is 3.44. The van der Waals surface area contributed by atoms with Crippen LogP contribution in [0.25, 0.3) is 11.5 Å². The van der Waals surface area contributed by atoms with Gasteiger partial charge in [0.15, 0.2) is 6.61 Å². The Kier molecular flexibility index (Phi) is 4.98. The Morgan fingerprint density at radius 1 is 1.14 bits per heavy atom. The van der Waals surface area contributed by atoms with Crippen molar-refractivity contribution in [1.82, 2.24) is 10.2 Å². The zero-order chi connectivity index (χ0) is 19.7. The lowest BCUT2D eigenvalue weighted by Gasteiger charge is -2.27. The summed E-state index contributed by atoms with van der Waals surface area (Å²) in [4.78, 5) is 13.0. The molecule has 2 heterocycles. The molecule has 1 saturated carbocycles. The molecule has 0 radical (unpaired) electrons. The first-order valence-electron chi connectivity index (χ1n) is 9.31. The maximum Gasteiger partial charge on any atom is 0.317 e. The van der Waals surface area contributed by atoms with E-state index in [2.05, 4.69) is 10.2 Å². The zero-order valence-electron chi connectivity index (χ0n) is 15.8. The van der Waals surface area contributed by atoms with Crippen molar-refractivity contribution in [2.45, 2.75) is 51.6 Å². The van der Waals surface area contributed by atoms with Crippen LogP contribution >= 0.6 is 11.6 Å². The number of carbonyl (C=O) groups is 1. The summed E-state index contributed by atoms with van der Waals surface area (Å²) in [5, 5.41) is 8.68. The Bertz CT molecular complexity index is 984. The minimum Gasteiger partial charge on any atom is -0.466 e. The molecule has 0 atom stereocenters. The normalized spacial score (nSPS) is 15.7. The van der Waals surface area contributed by atoms with E-state index in [0.29, 0.717) is 16.7 Å². The van der Waals surface area contributed by atoms with E-state index in [-0.39, 0.29) is 18.5 Å². The molecule has 0 aliphatic heterocycles. The van der Waals surface area contributed by atoms with E-state index in [9.17, 15) is 4.79 Å². The molecule has 7 heteroatoms. The number of esters is 1. The third-order valence-corrected chi connectivity index (χ3v) is 5.56. The van der Waals surface area contributed by atoms with Gasteiger partial charge >= 0.3 is 5.97 Å². The van der Waals surface area contributed by atoms with Gasteiger partial charge < -0.3 is 13.6 Å². The van der Waals surface area contributed by atoms with Crippen molar-refractivity contribution in [1.29, 1.82) is 0 Å². The van der Waals surface area contributed by atoms with E-state index in [1.165, 1.54) is 0 Å². The Hall–Kier alpha value is -2.60. The number of aromatic nitrogens is 2. The van der Waals surface area contributed by atoms with Crippen LogP contribution in [0.1, 0.15) is 48.7 Å². The number of hydrogen-bond donors (Lipinski definition) is 0. The van der Waals surface area contributed by atoms with Crippen LogP contribution in [-0.4, -0.2) is 16.2 Å². The lowest BCUT2D eigenvalue weighted by molar-refractivity contribution is -0.152. The van der Waals surface area contributed by atoms with Crippen molar-refractivity contribution in [2.24, 2.45) is 0 Å². The van der Waals surface area contributed by atoms with Crippen LogP contribution in [0, 0.1) is 13.8 Å². The highest BCUT2D eigenvalue weighted by atomic mass is 35.5. The molecule has 6 nitrogen and oxygen atoms in total. The summed E-state index contributed by atoms with van der Waals surface area (Å²) in [5.41, 5.74) is 1.05. The highest BCUT2D eigenvalue weighted by Gasteiger charge is 2.44. The van der Waals surface area contributed by atoms with Crippen molar-refractivity contribution in [2.75, 3.05) is 0 Å². The molecule has 0 amide bonds. The predicted octanol–water partition coefficient (Wildman–Crippen LogP) is 5.16. The third-order valence-electron chi connectivity index (χ3n) is 5.31. The van der Waals surface area contributed by atoms with Crippen molar-refractivity contribution in [3.05, 3.63) is 58.3 Å². The average Bonchev–Trinajstić information content (AvgIpc) is 3.40. The molecule has 28 heavy (non-hydrogen) atoms. The Morgan fingerprint density at radius 2 is 1.86 bits per heavy atom. The molecule has 146 valence electrons. The van der Waals surface area contributed by atoms with E-state index >= 15 is 0 Å². The second kappa shape index (κ2) is 7.43. The minimum absolute atomic E-state index is 0.0585. The lowest BCUT2D eigenvalue weighted by atomic mass is 9.79. The van der Waals surface area contributed by atoms with Crippen LogP contribution in [-0.2, 0) is 21.6 Å². The number of aryl methyl sites for hydroxylation is 2. The summed E-state index contributed by atoms with van der Waals surface area (Å²) in [6.07, 6.45) is 3.50. The van der Waals surface area contributed by atoms with Gasteiger partial charge in [0.1, 0.15) is 11.5 Å². The molecule has 3 aromatic rings. The summed E-state index contributed by atoms with van der Waals surface area (Å²) in [7, 11) is 0. The van der Waals surface area contributed by atoms with Crippen LogP contribution in [0.4, 0.5) is 0 Å². The molecule has 1 aromatic carbocycles. The van der Waals surface area contributed by atoms with Crippen LogP contribution in [0.15, 0.2) is 39.2 Å². The van der Waals surface area contributed by atoms with Crippen LogP contribution in [0.3, 0.4) is 0 Å². The second-order valence-corrected chi connectivity index (χ2v) is 7.64. The summed E-state index contributed by atoms with van der Waals surface area (Å²) in [5.74, 6) is 1.82. The summed E-state index contributed by atoms with van der Waals surface area (Å²) >= 11 is 6.00. The van der Waals surface area contributed by atoms with Crippen molar-refractivity contribution in [3.63, 3.8) is 0 Å². The fraction of sp³-hybridized carbons (Fsp3) is 0.381. The smallest absolute Gasteiger partial charge is 0.317 e. The molecule has 2 aromatic heterocycles. The molecule has 0 N–H and O–H groups in total. The van der Waals surface area contributed by atoms with Gasteiger partial charge in [-0.25, -0.2) is 0 Å². The first-order valence-corrected chi connectivity index (χ1v) is 9.69. The first kappa shape index (κ1) is 18.7. The van der Waals surface area contributed by atoms with Gasteiger partial charge in [0, 0.05) is 5.02 Å². The van der Waals surface area contributed by atoms with Crippen LogP contribution in [0.2, 0.25) is 5.02 Å². The van der Waals surface area contributed by atoms with E-state index in [1.807, 2.05) is 44.2 Å². The summed E-state index contributed by atoms with van der Waals surface area (Å²) in [6, 6.07) is 9.27. The van der Waals surface area contributed by atoms with Gasteiger partial charge in [-0.15, -0.1) is 10.2 Å². The number of carbonyl (C=O) groups excluding carboxylic acids is 1. The summed E-state index contributed by atoms with van der Waals surface area (Å²) < 4.78 is 16.7. The van der Waals surface area contributed by atoms with E-state index in [0.717, 1.165) is 42.6 Å². The van der Waals surface area contributed by atoms with E-state index in [1.54, 1.807) is 0 Å². The predicted molar refractivity (Wildman–Crippen MR) is 103 cm³/mol. The summed E-state index contributed by atoms with van der Waals surface area (Å²) in [6.45, 7) is 3.63. The molecular weight excluding hydrogens is 380 g/mol. The Balaban J connectivity index is 1.49. The van der Waals surface area contributed by atoms with Gasteiger partial charge in [0.25, 0.3) is 11.8 Å². The zero-order valence-corrected chi connectivity index (χ0v) is 16.6. The van der Waals surface area contributed by atoms with Gasteiger partial charge in [-0.1, -0.05) is 36.6 Å². The highest BCUT2D eigenvalue weighted by molar-refractivity contribution is 6.30. The van der Waals surface area contributed by atoms with Crippen molar-refractivity contribution >= 4 is 17.6 Å². The maximum atomic E-state index is 13.0. The Labute approximate surface area is 167 Å². The monoisotopic (exact) mass is 400 g/mol. The van der Waals surface area contributed by atoms with Gasteiger partial charge in [-0.2, -0.15) is 0 Å². The molecule has 0 bridgehead atoms. The number of furan rings is 1.